The Morgan fingerprint density at radius 3 is 2.80 bits per heavy atom. The highest BCUT2D eigenvalue weighted by molar-refractivity contribution is 5.98. The molecule has 0 unspecified atom stereocenters. The zero-order valence-electron chi connectivity index (χ0n) is 15.3. The van der Waals surface area contributed by atoms with E-state index in [1.165, 1.54) is 11.3 Å². The normalized spacial score (nSPS) is 18.6. The summed E-state index contributed by atoms with van der Waals surface area (Å²) in [6, 6.07) is 8.18. The first-order valence-electron chi connectivity index (χ1n) is 9.22. The summed E-state index contributed by atoms with van der Waals surface area (Å²) in [7, 11) is 0. The molecule has 5 nitrogen and oxygen atoms in total. The van der Waals surface area contributed by atoms with Gasteiger partial charge in [0.15, 0.2) is 0 Å². The number of imidazole rings is 1. The van der Waals surface area contributed by atoms with Gasteiger partial charge in [-0.3, -0.25) is 9.69 Å². The van der Waals surface area contributed by atoms with Gasteiger partial charge in [0.1, 0.15) is 5.82 Å². The van der Waals surface area contributed by atoms with Gasteiger partial charge in [-0.2, -0.15) is 0 Å². The van der Waals surface area contributed by atoms with E-state index in [-0.39, 0.29) is 11.9 Å². The number of carbonyl (C=O) groups excluding carboxylic acids is 1. The zero-order valence-corrected chi connectivity index (χ0v) is 15.3. The third-order valence-corrected chi connectivity index (χ3v) is 5.77. The smallest absolute Gasteiger partial charge is 0.244 e. The number of fused-ring (bicyclic) bond motifs is 2. The van der Waals surface area contributed by atoms with Gasteiger partial charge >= 0.3 is 0 Å². The Hall–Kier alpha value is -2.14. The molecule has 0 radical (unpaired) electrons. The number of para-hydroxylation sites is 1. The third-order valence-electron chi connectivity index (χ3n) is 5.77. The zero-order chi connectivity index (χ0) is 17.6. The van der Waals surface area contributed by atoms with Crippen LogP contribution in [0.25, 0.3) is 0 Å². The Labute approximate surface area is 149 Å². The quantitative estimate of drug-likeness (QED) is 0.845. The number of nitrogens with zero attached hydrogens (tertiary/aromatic N) is 4. The lowest BCUT2D eigenvalue weighted by atomic mass is 10.0. The molecule has 1 aromatic heterocycles. The van der Waals surface area contributed by atoms with Crippen LogP contribution in [0.4, 0.5) is 5.69 Å². The van der Waals surface area contributed by atoms with Crippen LogP contribution in [0, 0.1) is 13.8 Å². The molecule has 0 bridgehead atoms. The second-order valence-electron chi connectivity index (χ2n) is 7.22. The molecule has 132 valence electrons. The lowest BCUT2D eigenvalue weighted by Gasteiger charge is -2.37. The van der Waals surface area contributed by atoms with Gasteiger partial charge in [-0.15, -0.1) is 0 Å². The Kier molecular flexibility index (Phi) is 4.12. The van der Waals surface area contributed by atoms with Gasteiger partial charge in [0, 0.05) is 31.0 Å². The van der Waals surface area contributed by atoms with Gasteiger partial charge < -0.3 is 9.47 Å². The minimum atomic E-state index is -0.128. The van der Waals surface area contributed by atoms with Gasteiger partial charge in [-0.1, -0.05) is 18.2 Å². The summed E-state index contributed by atoms with van der Waals surface area (Å²) in [5.74, 6) is 1.29. The van der Waals surface area contributed by atoms with E-state index in [0.717, 1.165) is 56.2 Å². The largest absolute Gasteiger partial charge is 0.330 e. The van der Waals surface area contributed by atoms with Crippen LogP contribution in [-0.2, 0) is 24.3 Å². The SMILES string of the molecule is Cc1nc2n(c1C)CCN([C@H](C)C(=O)N1CCCc3ccccc31)C2. The van der Waals surface area contributed by atoms with Crippen LogP contribution >= 0.6 is 0 Å². The first-order valence-corrected chi connectivity index (χ1v) is 9.22. The van der Waals surface area contributed by atoms with Crippen molar-refractivity contribution in [2.75, 3.05) is 18.0 Å². The molecule has 4 rings (SSSR count). The Balaban J connectivity index is 1.54. The molecule has 0 saturated carbocycles. The maximum atomic E-state index is 13.2. The number of amides is 1. The van der Waals surface area contributed by atoms with Crippen LogP contribution in [0.1, 0.15) is 36.1 Å². The second kappa shape index (κ2) is 6.30. The summed E-state index contributed by atoms with van der Waals surface area (Å²) < 4.78 is 2.29. The number of anilines is 1. The molecule has 0 spiro atoms. The van der Waals surface area contributed by atoms with E-state index in [9.17, 15) is 4.79 Å². The molecule has 0 aliphatic carbocycles. The summed E-state index contributed by atoms with van der Waals surface area (Å²) >= 11 is 0. The highest BCUT2D eigenvalue weighted by Crippen LogP contribution is 2.28. The van der Waals surface area contributed by atoms with Crippen molar-refractivity contribution in [3.63, 3.8) is 0 Å². The summed E-state index contributed by atoms with van der Waals surface area (Å²) in [6.45, 7) is 9.60. The predicted molar refractivity (Wildman–Crippen MR) is 98.7 cm³/mol. The van der Waals surface area contributed by atoms with Crippen molar-refractivity contribution in [2.45, 2.75) is 52.7 Å². The van der Waals surface area contributed by atoms with Crippen molar-refractivity contribution in [2.24, 2.45) is 0 Å². The summed E-state index contributed by atoms with van der Waals surface area (Å²) in [4.78, 5) is 22.1. The molecule has 0 N–H and O–H groups in total. The second-order valence-corrected chi connectivity index (χ2v) is 7.22. The monoisotopic (exact) mass is 338 g/mol. The van der Waals surface area contributed by atoms with Gasteiger partial charge in [-0.05, 0) is 45.2 Å². The third kappa shape index (κ3) is 2.76. The standard InChI is InChI=1S/C20H26N4O/c1-14-15(2)23-12-11-22(13-19(23)21-14)16(3)20(25)24-10-6-8-17-7-4-5-9-18(17)24/h4-5,7,9,16H,6,8,10-13H2,1-3H3/t16-/m1/s1. The lowest BCUT2D eigenvalue weighted by Crippen LogP contribution is -2.50. The molecule has 25 heavy (non-hydrogen) atoms. The van der Waals surface area contributed by atoms with Crippen LogP contribution in [0.5, 0.6) is 0 Å². The fourth-order valence-electron chi connectivity index (χ4n) is 4.11. The van der Waals surface area contributed by atoms with Crippen LogP contribution in [0.2, 0.25) is 0 Å². The van der Waals surface area contributed by atoms with Crippen molar-refractivity contribution >= 4 is 11.6 Å². The van der Waals surface area contributed by atoms with Crippen LogP contribution in [0.15, 0.2) is 24.3 Å². The van der Waals surface area contributed by atoms with Crippen LogP contribution in [-0.4, -0.2) is 39.5 Å². The lowest BCUT2D eigenvalue weighted by molar-refractivity contribution is -0.123. The minimum absolute atomic E-state index is 0.128. The van der Waals surface area contributed by atoms with Crippen molar-refractivity contribution in [3.8, 4) is 0 Å². The van der Waals surface area contributed by atoms with Crippen molar-refractivity contribution in [3.05, 3.63) is 47.0 Å². The van der Waals surface area contributed by atoms with Crippen LogP contribution < -0.4 is 4.90 Å². The maximum Gasteiger partial charge on any atom is 0.244 e. The topological polar surface area (TPSA) is 41.4 Å². The van der Waals surface area contributed by atoms with Crippen LogP contribution in [0.3, 0.4) is 0 Å². The number of benzene rings is 1. The first kappa shape index (κ1) is 16.3. The summed E-state index contributed by atoms with van der Waals surface area (Å²) in [6.07, 6.45) is 2.10. The van der Waals surface area contributed by atoms with Crippen molar-refractivity contribution < 1.29 is 4.79 Å². The fraction of sp³-hybridized carbons (Fsp3) is 0.500. The van der Waals surface area contributed by atoms with E-state index in [1.807, 2.05) is 17.9 Å². The fourth-order valence-corrected chi connectivity index (χ4v) is 4.11. The van der Waals surface area contributed by atoms with E-state index in [2.05, 4.69) is 46.5 Å². The molecule has 1 atom stereocenters. The number of aryl methyl sites for hydroxylation is 2. The van der Waals surface area contributed by atoms with Gasteiger partial charge in [0.05, 0.1) is 18.3 Å². The highest BCUT2D eigenvalue weighted by Gasteiger charge is 2.32. The van der Waals surface area contributed by atoms with Gasteiger partial charge in [0.25, 0.3) is 0 Å². The highest BCUT2D eigenvalue weighted by atomic mass is 16.2. The first-order chi connectivity index (χ1) is 12.1. The number of hydrogen-bond donors (Lipinski definition) is 0. The number of carbonyl (C=O) groups is 1. The van der Waals surface area contributed by atoms with Gasteiger partial charge in [0.2, 0.25) is 5.91 Å². The maximum absolute atomic E-state index is 13.2. The Bertz CT molecular complexity index is 810. The average molecular weight is 338 g/mol. The predicted octanol–water partition coefficient (Wildman–Crippen LogP) is 2.68. The summed E-state index contributed by atoms with van der Waals surface area (Å²) in [5.41, 5.74) is 4.73. The molecule has 1 amide bonds. The number of rotatable bonds is 2. The van der Waals surface area contributed by atoms with Crippen molar-refractivity contribution in [1.82, 2.24) is 14.5 Å². The van der Waals surface area contributed by atoms with E-state index >= 15 is 0 Å². The molecule has 3 heterocycles. The molecule has 0 fully saturated rings. The summed E-state index contributed by atoms with van der Waals surface area (Å²) in [5, 5.41) is 0. The Morgan fingerprint density at radius 2 is 1.96 bits per heavy atom. The molecule has 1 aromatic carbocycles. The molecule has 0 saturated heterocycles. The van der Waals surface area contributed by atoms with Crippen molar-refractivity contribution in [1.29, 1.82) is 0 Å². The number of hydrogen-bond acceptors (Lipinski definition) is 3. The van der Waals surface area contributed by atoms with E-state index < -0.39 is 0 Å². The Morgan fingerprint density at radius 1 is 1.16 bits per heavy atom. The molecular weight excluding hydrogens is 312 g/mol. The molecule has 5 heteroatoms. The average Bonchev–Trinajstić information content (AvgIpc) is 2.93. The minimum Gasteiger partial charge on any atom is -0.330 e. The molecular formula is C20H26N4O. The molecule has 2 aromatic rings. The van der Waals surface area contributed by atoms with Gasteiger partial charge in [-0.25, -0.2) is 4.98 Å². The van der Waals surface area contributed by atoms with E-state index in [4.69, 9.17) is 0 Å². The van der Waals surface area contributed by atoms with E-state index in [0.29, 0.717) is 0 Å². The molecule has 2 aliphatic heterocycles. The van der Waals surface area contributed by atoms with E-state index in [1.54, 1.807) is 0 Å². The molecule has 2 aliphatic rings. The number of aromatic nitrogens is 2.